The summed E-state index contributed by atoms with van der Waals surface area (Å²) in [4.78, 5) is 112. The van der Waals surface area contributed by atoms with Crippen molar-refractivity contribution < 1.29 is 38.2 Å². The summed E-state index contributed by atoms with van der Waals surface area (Å²) in [7, 11) is 7.03. The number of hydrogen-bond donors (Lipinski definition) is 2. The van der Waals surface area contributed by atoms with Gasteiger partial charge in [-0.25, -0.2) is 29.5 Å². The average Bonchev–Trinajstić information content (AvgIpc) is 2.37. The highest BCUT2D eigenvalue weighted by atomic mass is 35.5. The molecule has 10 heterocycles. The zero-order valence-electron chi connectivity index (χ0n) is 50.1. The highest BCUT2D eigenvalue weighted by Crippen LogP contribution is 2.38. The van der Waals surface area contributed by atoms with E-state index in [0.29, 0.717) is 72.3 Å². The molecule has 452 valence electrons. The van der Waals surface area contributed by atoms with E-state index in [1.54, 1.807) is 90.6 Å². The molecule has 4 atom stereocenters. The van der Waals surface area contributed by atoms with Crippen LogP contribution >= 0.6 is 11.6 Å². The lowest BCUT2D eigenvalue weighted by molar-refractivity contribution is 0.0121. The second kappa shape index (κ2) is 24.1. The SMILES string of the molecule is CC(C)(C)OC(=O)N1C[C@H]2CC1CN2C(=O)c1ccc(N)nc1.CN(C)C(=O)c1cc2cnc(Cl)nc2n1C1CCCC1.CN(C)C(=O)c1cc2cnc(Nc3ccc(C(=O)N4CC5C[C@@H]4CN5C(=O)OC(C)(C)C)cn3)nc2n1C1CCCC1. The molecule has 2 unspecified atom stereocenters. The van der Waals surface area contributed by atoms with E-state index in [1.807, 2.05) is 63.5 Å². The third-order valence-corrected chi connectivity index (χ3v) is 16.5. The molecule has 85 heavy (non-hydrogen) atoms. The minimum Gasteiger partial charge on any atom is -0.444 e. The summed E-state index contributed by atoms with van der Waals surface area (Å²) < 4.78 is 15.1. The minimum absolute atomic E-state index is 0.00831. The summed E-state index contributed by atoms with van der Waals surface area (Å²) in [6.45, 7) is 13.1. The van der Waals surface area contributed by atoms with E-state index in [1.165, 1.54) is 19.0 Å². The monoisotopic (exact) mass is 1180 g/mol. The number of rotatable bonds is 8. The van der Waals surface area contributed by atoms with Gasteiger partial charge >= 0.3 is 12.2 Å². The van der Waals surface area contributed by atoms with Crippen LogP contribution in [-0.2, 0) is 9.47 Å². The normalized spacial score (nSPS) is 20.1. The maximum absolute atomic E-state index is 13.3. The summed E-state index contributed by atoms with van der Waals surface area (Å²) in [5.74, 6) is 1.04. The number of aromatic nitrogens is 8. The topological polar surface area (TPSA) is 266 Å². The molecule has 0 spiro atoms. The van der Waals surface area contributed by atoms with Crippen LogP contribution in [0, 0.1) is 0 Å². The van der Waals surface area contributed by atoms with Gasteiger partial charge in [0.25, 0.3) is 23.6 Å². The molecular weight excluding hydrogens is 1110 g/mol. The molecule has 6 amide bonds. The molecule has 2 aliphatic carbocycles. The molecule has 25 heteroatoms. The number of carbonyl (C=O) groups is 6. The van der Waals surface area contributed by atoms with Crippen molar-refractivity contribution in [1.82, 2.24) is 68.4 Å². The maximum atomic E-state index is 13.3. The molecule has 6 aliphatic rings. The first-order valence-electron chi connectivity index (χ1n) is 29.2. The predicted octanol–water partition coefficient (Wildman–Crippen LogP) is 8.62. The number of amides is 6. The molecular formula is C60H77ClN16O8. The van der Waals surface area contributed by atoms with Crippen LogP contribution in [0.2, 0.25) is 5.28 Å². The van der Waals surface area contributed by atoms with Crippen LogP contribution in [0.4, 0.5) is 27.2 Å². The zero-order valence-corrected chi connectivity index (χ0v) is 50.9. The van der Waals surface area contributed by atoms with Crippen LogP contribution in [0.15, 0.2) is 61.2 Å². The summed E-state index contributed by atoms with van der Waals surface area (Å²) in [6, 6.07) is 11.1. The summed E-state index contributed by atoms with van der Waals surface area (Å²) in [5.41, 5.74) is 8.28. The van der Waals surface area contributed by atoms with Crippen molar-refractivity contribution >= 4 is 87.1 Å². The van der Waals surface area contributed by atoms with Gasteiger partial charge in [0, 0.05) is 102 Å². The first-order valence-corrected chi connectivity index (χ1v) is 29.6. The van der Waals surface area contributed by atoms with Gasteiger partial charge in [-0.2, -0.15) is 9.97 Å². The number of carbonyl (C=O) groups excluding carboxylic acids is 6. The second-order valence-corrected chi connectivity index (χ2v) is 25.6. The lowest BCUT2D eigenvalue weighted by Crippen LogP contribution is -2.51. The average molecular weight is 1190 g/mol. The van der Waals surface area contributed by atoms with E-state index >= 15 is 0 Å². The Morgan fingerprint density at radius 1 is 0.553 bits per heavy atom. The van der Waals surface area contributed by atoms with Crippen molar-refractivity contribution in [3.05, 3.63) is 89.0 Å². The number of nitrogens with one attached hydrogen (secondary N) is 1. The Kier molecular flexibility index (Phi) is 17.0. The standard InChI is InChI=1S/C30H38N8O4.C16H22N4O3.C14H17ClN4O/c1-30(2,3)42-29(41)37-17-21-13-22(37)16-36(21)26(39)18-10-11-24(31-14-18)33-28-32-15-19-12-23(27(40)35(4)5)38(25(19)34-28)20-8-6-7-9-20;1-16(2,3)23-15(22)20-9-11-6-12(20)8-19(11)14(21)10-4-5-13(17)18-7-10;1-18(2)13(20)11-7-9-8-16-14(15)17-12(9)19(11)10-5-3-4-6-10/h10-12,14-15,20-22H,6-9,13,16-17H2,1-5H3,(H,31,32,33,34);4-5,7,11-12H,6,8-9H2,1-3H3,(H2,17,18);7-8,10H,3-6H2,1-2H3/t21-,22?;11-,12?;/m11./s1. The van der Waals surface area contributed by atoms with Gasteiger partial charge in [0.15, 0.2) is 0 Å². The molecule has 4 saturated heterocycles. The summed E-state index contributed by atoms with van der Waals surface area (Å²) in [5, 5.41) is 5.05. The number of halogens is 1. The lowest BCUT2D eigenvalue weighted by Gasteiger charge is -2.35. The van der Waals surface area contributed by atoms with E-state index < -0.39 is 11.2 Å². The molecule has 4 aliphatic heterocycles. The van der Waals surface area contributed by atoms with Crippen molar-refractivity contribution in [3.8, 4) is 0 Å². The quantitative estimate of drug-likeness (QED) is 0.135. The van der Waals surface area contributed by atoms with Gasteiger partial charge in [-0.15, -0.1) is 0 Å². The van der Waals surface area contributed by atoms with Crippen molar-refractivity contribution in [1.29, 1.82) is 0 Å². The number of ether oxygens (including phenoxy) is 2. The molecule has 3 N–H and O–H groups in total. The van der Waals surface area contributed by atoms with Crippen LogP contribution in [0.1, 0.15) is 160 Å². The van der Waals surface area contributed by atoms with Crippen molar-refractivity contribution in [2.24, 2.45) is 0 Å². The number of nitrogens with zero attached hydrogens (tertiary/aromatic N) is 14. The molecule has 2 saturated carbocycles. The third-order valence-electron chi connectivity index (χ3n) is 16.3. The van der Waals surface area contributed by atoms with Gasteiger partial charge in [0.05, 0.1) is 35.3 Å². The third kappa shape index (κ3) is 13.1. The first-order chi connectivity index (χ1) is 40.3. The Morgan fingerprint density at radius 3 is 1.38 bits per heavy atom. The number of nitrogens with two attached hydrogens (primary N) is 1. The van der Waals surface area contributed by atoms with Gasteiger partial charge in [-0.3, -0.25) is 19.2 Å². The van der Waals surface area contributed by atoms with E-state index in [4.69, 9.17) is 31.8 Å². The number of nitrogen functional groups attached to an aromatic ring is 1. The number of piperazine rings is 2. The molecule has 0 aromatic carbocycles. The van der Waals surface area contributed by atoms with Crippen LogP contribution < -0.4 is 11.1 Å². The zero-order chi connectivity index (χ0) is 60.8. The largest absolute Gasteiger partial charge is 0.444 e. The van der Waals surface area contributed by atoms with Gasteiger partial charge in [-0.05, 0) is 128 Å². The van der Waals surface area contributed by atoms with Crippen LogP contribution in [0.3, 0.4) is 0 Å². The molecule has 24 nitrogen and oxygen atoms in total. The molecule has 4 bridgehead atoms. The highest BCUT2D eigenvalue weighted by Gasteiger charge is 2.50. The Morgan fingerprint density at radius 2 is 0.976 bits per heavy atom. The van der Waals surface area contributed by atoms with Crippen LogP contribution in [0.5, 0.6) is 0 Å². The Bertz CT molecular complexity index is 3490. The fourth-order valence-electron chi connectivity index (χ4n) is 12.4. The van der Waals surface area contributed by atoms with Gasteiger partial charge in [-0.1, -0.05) is 25.7 Å². The summed E-state index contributed by atoms with van der Waals surface area (Å²) >= 11 is 5.92. The fraction of sp³-hybridized carbons (Fsp3) is 0.533. The molecule has 6 aromatic heterocycles. The summed E-state index contributed by atoms with van der Waals surface area (Å²) in [6.07, 6.45) is 16.2. The Labute approximate surface area is 499 Å². The minimum atomic E-state index is -0.555. The van der Waals surface area contributed by atoms with E-state index in [2.05, 4.69) is 39.4 Å². The number of hydrogen-bond acceptors (Lipinski definition) is 16. The smallest absolute Gasteiger partial charge is 0.410 e. The van der Waals surface area contributed by atoms with Gasteiger partial charge in [0.2, 0.25) is 11.2 Å². The molecule has 12 rings (SSSR count). The van der Waals surface area contributed by atoms with Crippen LogP contribution in [0.25, 0.3) is 22.1 Å². The second-order valence-electron chi connectivity index (χ2n) is 25.3. The number of anilines is 3. The molecule has 6 fully saturated rings. The molecule has 6 aromatic rings. The predicted molar refractivity (Wildman–Crippen MR) is 320 cm³/mol. The molecule has 0 radical (unpaired) electrons. The van der Waals surface area contributed by atoms with Crippen molar-refractivity contribution in [2.75, 3.05) is 65.4 Å². The fourth-order valence-corrected chi connectivity index (χ4v) is 12.5. The van der Waals surface area contributed by atoms with Gasteiger partial charge in [0.1, 0.15) is 45.5 Å². The highest BCUT2D eigenvalue weighted by molar-refractivity contribution is 6.28. The number of likely N-dealkylation sites (tertiary alicyclic amines) is 4. The first kappa shape index (κ1) is 60.0. The van der Waals surface area contributed by atoms with Gasteiger partial charge < -0.3 is 59.1 Å². The van der Waals surface area contributed by atoms with E-state index in [0.717, 1.165) is 73.4 Å². The van der Waals surface area contributed by atoms with E-state index in [9.17, 15) is 28.8 Å². The van der Waals surface area contributed by atoms with Crippen LogP contribution in [-0.4, -0.2) is 194 Å². The van der Waals surface area contributed by atoms with E-state index in [-0.39, 0.29) is 71.3 Å². The van der Waals surface area contributed by atoms with Crippen molar-refractivity contribution in [3.63, 3.8) is 0 Å². The Hall–Kier alpha value is -8.15. The maximum Gasteiger partial charge on any atom is 0.410 e. The number of fused-ring (bicyclic) bond motifs is 6. The van der Waals surface area contributed by atoms with Crippen molar-refractivity contribution in [2.45, 2.75) is 153 Å². The Balaban J connectivity index is 0.000000157. The number of pyridine rings is 2. The lowest BCUT2D eigenvalue weighted by atomic mass is 10.2.